The minimum Gasteiger partial charge on any atom is -0.496 e. The van der Waals surface area contributed by atoms with E-state index in [1.54, 1.807) is 12.0 Å². The van der Waals surface area contributed by atoms with Crippen LogP contribution in [-0.2, 0) is 4.74 Å². The van der Waals surface area contributed by atoms with E-state index in [1.807, 2.05) is 75.4 Å². The summed E-state index contributed by atoms with van der Waals surface area (Å²) < 4.78 is 11.2. The van der Waals surface area contributed by atoms with Crippen LogP contribution in [0.5, 0.6) is 5.75 Å². The van der Waals surface area contributed by atoms with E-state index in [0.29, 0.717) is 25.1 Å². The summed E-state index contributed by atoms with van der Waals surface area (Å²) in [6.07, 6.45) is 0.992. The fourth-order valence-electron chi connectivity index (χ4n) is 4.67. The summed E-state index contributed by atoms with van der Waals surface area (Å²) in [7, 11) is 1.60. The van der Waals surface area contributed by atoms with E-state index in [2.05, 4.69) is 0 Å². The zero-order valence-electron chi connectivity index (χ0n) is 19.5. The Kier molecular flexibility index (Phi) is 7.47. The van der Waals surface area contributed by atoms with Gasteiger partial charge in [0.2, 0.25) is 0 Å². The van der Waals surface area contributed by atoms with Gasteiger partial charge in [-0.05, 0) is 57.2 Å². The van der Waals surface area contributed by atoms with Gasteiger partial charge in [0.05, 0.1) is 25.4 Å². The largest absolute Gasteiger partial charge is 0.496 e. The molecule has 0 radical (unpaired) electrons. The highest BCUT2D eigenvalue weighted by atomic mass is 16.6. The Morgan fingerprint density at radius 1 is 1.16 bits per heavy atom. The lowest BCUT2D eigenvalue weighted by Gasteiger charge is -2.48. The smallest absolute Gasteiger partial charge is 0.410 e. The Morgan fingerprint density at radius 3 is 2.44 bits per heavy atom. The molecular formula is C26H35NO5. The number of nitrogens with zero attached hydrogens (tertiary/aromatic N) is 1. The molecule has 6 heteroatoms. The monoisotopic (exact) mass is 441 g/mol. The van der Waals surface area contributed by atoms with Crippen LogP contribution in [0.15, 0.2) is 54.6 Å². The third kappa shape index (κ3) is 5.43. The fourth-order valence-corrected chi connectivity index (χ4v) is 4.67. The molecule has 1 fully saturated rings. The number of hydrogen-bond acceptors (Lipinski definition) is 5. The number of carbonyl (C=O) groups excluding carboxylic acids is 1. The zero-order chi connectivity index (χ0) is 23.4. The van der Waals surface area contributed by atoms with Gasteiger partial charge >= 0.3 is 6.09 Å². The molecular weight excluding hydrogens is 406 g/mol. The van der Waals surface area contributed by atoms with Gasteiger partial charge in [-0.3, -0.25) is 4.90 Å². The van der Waals surface area contributed by atoms with Crippen molar-refractivity contribution in [2.24, 2.45) is 0 Å². The van der Waals surface area contributed by atoms with Crippen LogP contribution < -0.4 is 4.74 Å². The van der Waals surface area contributed by atoms with Crippen molar-refractivity contribution in [3.63, 3.8) is 0 Å². The van der Waals surface area contributed by atoms with Crippen molar-refractivity contribution >= 4 is 6.09 Å². The Bertz CT molecular complexity index is 895. The maximum Gasteiger partial charge on any atom is 0.410 e. The Labute approximate surface area is 190 Å². The summed E-state index contributed by atoms with van der Waals surface area (Å²) >= 11 is 0. The van der Waals surface area contributed by atoms with Crippen LogP contribution in [-0.4, -0.2) is 52.7 Å². The molecule has 3 unspecified atom stereocenters. The van der Waals surface area contributed by atoms with Crippen molar-refractivity contribution < 1.29 is 24.5 Å². The molecule has 1 aliphatic rings. The molecule has 6 nitrogen and oxygen atoms in total. The van der Waals surface area contributed by atoms with E-state index in [1.165, 1.54) is 0 Å². The molecule has 2 aromatic carbocycles. The lowest BCUT2D eigenvalue weighted by molar-refractivity contribution is -0.0955. The Morgan fingerprint density at radius 2 is 1.81 bits per heavy atom. The van der Waals surface area contributed by atoms with E-state index in [0.717, 1.165) is 11.1 Å². The lowest BCUT2D eigenvalue weighted by atomic mass is 9.74. The molecule has 1 saturated heterocycles. The van der Waals surface area contributed by atoms with Crippen molar-refractivity contribution in [2.45, 2.75) is 63.2 Å². The van der Waals surface area contributed by atoms with Crippen LogP contribution in [0, 0.1) is 0 Å². The second kappa shape index (κ2) is 9.92. The van der Waals surface area contributed by atoms with Crippen LogP contribution in [0.25, 0.3) is 0 Å². The van der Waals surface area contributed by atoms with Gasteiger partial charge in [-0.1, -0.05) is 48.5 Å². The van der Waals surface area contributed by atoms with Crippen molar-refractivity contribution in [3.05, 3.63) is 65.7 Å². The number of carbonyl (C=O) groups is 1. The number of piperidine rings is 1. The number of rotatable bonds is 6. The van der Waals surface area contributed by atoms with Crippen LogP contribution in [0.2, 0.25) is 0 Å². The first kappa shape index (κ1) is 24.1. The number of aliphatic hydroxyl groups is 2. The van der Waals surface area contributed by atoms with E-state index in [9.17, 15) is 15.0 Å². The third-order valence-electron chi connectivity index (χ3n) is 5.97. The number of likely N-dealkylation sites (tertiary alicyclic amines) is 1. The van der Waals surface area contributed by atoms with Crippen LogP contribution in [0.1, 0.15) is 63.1 Å². The summed E-state index contributed by atoms with van der Waals surface area (Å²) in [5, 5.41) is 22.3. The summed E-state index contributed by atoms with van der Waals surface area (Å²) in [6.45, 7) is 5.86. The number of amides is 1. The van der Waals surface area contributed by atoms with Crippen molar-refractivity contribution in [1.82, 2.24) is 4.90 Å². The van der Waals surface area contributed by atoms with Gasteiger partial charge in [0.25, 0.3) is 0 Å². The summed E-state index contributed by atoms with van der Waals surface area (Å²) in [6, 6.07) is 16.5. The molecule has 32 heavy (non-hydrogen) atoms. The Balaban J connectivity index is 2.00. The maximum atomic E-state index is 13.1. The highest BCUT2D eigenvalue weighted by Gasteiger charge is 2.48. The quantitative estimate of drug-likeness (QED) is 0.681. The van der Waals surface area contributed by atoms with Crippen LogP contribution >= 0.6 is 0 Å². The Hall–Kier alpha value is -2.57. The molecule has 1 amide bonds. The van der Waals surface area contributed by atoms with E-state index < -0.39 is 23.3 Å². The van der Waals surface area contributed by atoms with Gasteiger partial charge in [0.15, 0.2) is 0 Å². The minimum absolute atomic E-state index is 0.142. The molecule has 0 aliphatic carbocycles. The van der Waals surface area contributed by atoms with E-state index >= 15 is 0 Å². The lowest BCUT2D eigenvalue weighted by Crippen LogP contribution is -2.54. The maximum absolute atomic E-state index is 13.1. The molecule has 1 aliphatic heterocycles. The highest BCUT2D eigenvalue weighted by Crippen LogP contribution is 2.46. The van der Waals surface area contributed by atoms with Crippen molar-refractivity contribution in [1.29, 1.82) is 0 Å². The summed E-state index contributed by atoms with van der Waals surface area (Å²) in [5.41, 5.74) is -0.201. The number of aliphatic hydroxyl groups excluding tert-OH is 1. The van der Waals surface area contributed by atoms with Gasteiger partial charge in [-0.2, -0.15) is 0 Å². The number of ether oxygens (including phenoxy) is 2. The topological polar surface area (TPSA) is 79.2 Å². The number of para-hydroxylation sites is 1. The minimum atomic E-state index is -1.25. The molecule has 3 rings (SSSR count). The third-order valence-corrected chi connectivity index (χ3v) is 5.97. The molecule has 3 atom stereocenters. The van der Waals surface area contributed by atoms with Crippen molar-refractivity contribution in [3.8, 4) is 5.75 Å². The molecule has 174 valence electrons. The number of benzene rings is 2. The van der Waals surface area contributed by atoms with Crippen LogP contribution in [0.4, 0.5) is 4.79 Å². The SMILES string of the molecule is COc1ccccc1C(CO)CC1(O)CCCN(C(=O)OC(C)(C)C)C1c1ccccc1. The van der Waals surface area contributed by atoms with E-state index in [-0.39, 0.29) is 18.9 Å². The van der Waals surface area contributed by atoms with Gasteiger partial charge in [-0.25, -0.2) is 4.79 Å². The zero-order valence-corrected chi connectivity index (χ0v) is 19.5. The average molecular weight is 442 g/mol. The molecule has 2 N–H and O–H groups in total. The molecule has 0 saturated carbocycles. The van der Waals surface area contributed by atoms with Crippen LogP contribution in [0.3, 0.4) is 0 Å². The number of methoxy groups -OCH3 is 1. The first-order valence-corrected chi connectivity index (χ1v) is 11.2. The molecule has 0 spiro atoms. The first-order valence-electron chi connectivity index (χ1n) is 11.2. The predicted molar refractivity (Wildman–Crippen MR) is 124 cm³/mol. The molecule has 0 aromatic heterocycles. The molecule has 2 aromatic rings. The average Bonchev–Trinajstić information content (AvgIpc) is 2.76. The van der Waals surface area contributed by atoms with Gasteiger partial charge in [0.1, 0.15) is 11.4 Å². The second-order valence-corrected chi connectivity index (χ2v) is 9.52. The first-order chi connectivity index (χ1) is 15.2. The van der Waals surface area contributed by atoms with Gasteiger partial charge in [0, 0.05) is 12.5 Å². The van der Waals surface area contributed by atoms with E-state index in [4.69, 9.17) is 9.47 Å². The molecule has 1 heterocycles. The standard InChI is InChI=1S/C26H35NO5/c1-25(2,3)32-24(29)27-16-10-15-26(30,23(27)19-11-6-5-7-12-19)17-20(18-28)21-13-8-9-14-22(21)31-4/h5-9,11-14,20,23,28,30H,10,15-18H2,1-4H3. The fraction of sp³-hybridized carbons (Fsp3) is 0.500. The summed E-state index contributed by atoms with van der Waals surface area (Å²) in [4.78, 5) is 14.8. The second-order valence-electron chi connectivity index (χ2n) is 9.52. The summed E-state index contributed by atoms with van der Waals surface area (Å²) in [5.74, 6) is 0.326. The van der Waals surface area contributed by atoms with Crippen molar-refractivity contribution in [2.75, 3.05) is 20.3 Å². The molecule has 0 bridgehead atoms. The number of hydrogen-bond donors (Lipinski definition) is 2. The predicted octanol–water partition coefficient (Wildman–Crippen LogP) is 4.66. The van der Waals surface area contributed by atoms with Gasteiger partial charge < -0.3 is 19.7 Å². The van der Waals surface area contributed by atoms with Gasteiger partial charge in [-0.15, -0.1) is 0 Å². The highest BCUT2D eigenvalue weighted by molar-refractivity contribution is 5.69. The normalized spacial score (nSPS) is 22.3.